The van der Waals surface area contributed by atoms with Crippen LogP contribution in [0.15, 0.2) is 109 Å². The van der Waals surface area contributed by atoms with E-state index in [9.17, 15) is 4.79 Å². The maximum Gasteiger partial charge on any atom is 0.255 e. The molecule has 5 rings (SSSR count). The summed E-state index contributed by atoms with van der Waals surface area (Å²) >= 11 is 7.57. The number of aromatic nitrogens is 1. The lowest BCUT2D eigenvalue weighted by Gasteiger charge is -2.07. The number of hydrogen-bond donors (Lipinski definition) is 1. The standard InChI is InChI=1S/C28H19ClN2OS/c29-24-14-10-23(11-15-24)28-31-26(18-33-28)21-12-16-25(17-13-21)30-27(32)22-8-6-20(7-9-22)19-4-2-1-3-5-19/h1-18H,(H,30,32). The van der Waals surface area contributed by atoms with E-state index in [1.54, 1.807) is 11.3 Å². The van der Waals surface area contributed by atoms with Crippen molar-refractivity contribution in [2.45, 2.75) is 0 Å². The molecule has 0 spiro atoms. The molecule has 0 aliphatic rings. The zero-order valence-electron chi connectivity index (χ0n) is 17.5. The van der Waals surface area contributed by atoms with Crippen LogP contribution in [0.2, 0.25) is 5.02 Å². The van der Waals surface area contributed by atoms with Crippen LogP contribution in [0.4, 0.5) is 5.69 Å². The monoisotopic (exact) mass is 466 g/mol. The van der Waals surface area contributed by atoms with Crippen LogP contribution in [0.5, 0.6) is 0 Å². The van der Waals surface area contributed by atoms with Gasteiger partial charge in [0.2, 0.25) is 0 Å². The summed E-state index contributed by atoms with van der Waals surface area (Å²) in [5.41, 5.74) is 6.50. The Hall–Kier alpha value is -3.73. The molecule has 4 aromatic carbocycles. The number of hydrogen-bond acceptors (Lipinski definition) is 3. The largest absolute Gasteiger partial charge is 0.322 e. The van der Waals surface area contributed by atoms with Crippen LogP contribution in [0.1, 0.15) is 10.4 Å². The van der Waals surface area contributed by atoms with E-state index in [0.717, 1.165) is 38.6 Å². The van der Waals surface area contributed by atoms with Crippen LogP contribution >= 0.6 is 22.9 Å². The number of thiazole rings is 1. The van der Waals surface area contributed by atoms with Crippen molar-refractivity contribution in [2.24, 2.45) is 0 Å². The fourth-order valence-electron chi connectivity index (χ4n) is 3.50. The van der Waals surface area contributed by atoms with E-state index in [2.05, 4.69) is 17.4 Å². The molecule has 33 heavy (non-hydrogen) atoms. The van der Waals surface area contributed by atoms with Gasteiger partial charge in [-0.2, -0.15) is 0 Å². The third kappa shape index (κ3) is 4.87. The molecule has 0 unspecified atom stereocenters. The Morgan fingerprint density at radius 1 is 0.697 bits per heavy atom. The molecular weight excluding hydrogens is 448 g/mol. The highest BCUT2D eigenvalue weighted by Crippen LogP contribution is 2.30. The fourth-order valence-corrected chi connectivity index (χ4v) is 4.46. The predicted octanol–water partition coefficient (Wildman–Crippen LogP) is 8.05. The molecule has 5 aromatic rings. The fraction of sp³-hybridized carbons (Fsp3) is 0. The summed E-state index contributed by atoms with van der Waals surface area (Å²) in [7, 11) is 0. The van der Waals surface area contributed by atoms with Gasteiger partial charge in [0.15, 0.2) is 0 Å². The smallest absolute Gasteiger partial charge is 0.255 e. The topological polar surface area (TPSA) is 42.0 Å². The second kappa shape index (κ2) is 9.41. The average molecular weight is 467 g/mol. The Balaban J connectivity index is 1.26. The van der Waals surface area contributed by atoms with Gasteiger partial charge in [0.1, 0.15) is 5.01 Å². The number of rotatable bonds is 5. The molecule has 0 saturated heterocycles. The summed E-state index contributed by atoms with van der Waals surface area (Å²) in [5, 5.41) is 6.65. The lowest BCUT2D eigenvalue weighted by Crippen LogP contribution is -2.11. The Bertz CT molecular complexity index is 1380. The van der Waals surface area contributed by atoms with Gasteiger partial charge in [-0.15, -0.1) is 11.3 Å². The van der Waals surface area contributed by atoms with Gasteiger partial charge in [0.25, 0.3) is 5.91 Å². The summed E-state index contributed by atoms with van der Waals surface area (Å²) in [4.78, 5) is 17.4. The highest BCUT2D eigenvalue weighted by atomic mass is 35.5. The number of nitrogens with one attached hydrogen (secondary N) is 1. The number of anilines is 1. The number of amides is 1. The minimum absolute atomic E-state index is 0.138. The number of nitrogens with zero attached hydrogens (tertiary/aromatic N) is 1. The Labute approximate surface area is 201 Å². The molecule has 1 amide bonds. The first-order chi connectivity index (χ1) is 16.2. The van der Waals surface area contributed by atoms with Crippen LogP contribution in [0.3, 0.4) is 0 Å². The van der Waals surface area contributed by atoms with Crippen molar-refractivity contribution in [1.29, 1.82) is 0 Å². The summed E-state index contributed by atoms with van der Waals surface area (Å²) in [6, 6.07) is 33.1. The molecule has 0 saturated carbocycles. The minimum Gasteiger partial charge on any atom is -0.322 e. The maximum absolute atomic E-state index is 12.7. The minimum atomic E-state index is -0.138. The molecule has 0 aliphatic carbocycles. The normalized spacial score (nSPS) is 10.7. The number of halogens is 1. The quantitative estimate of drug-likeness (QED) is 0.284. The van der Waals surface area contributed by atoms with Gasteiger partial charge in [-0.1, -0.05) is 78.3 Å². The van der Waals surface area contributed by atoms with Crippen LogP contribution < -0.4 is 5.32 Å². The number of carbonyl (C=O) groups excluding carboxylic acids is 1. The molecule has 0 fully saturated rings. The first-order valence-corrected chi connectivity index (χ1v) is 11.7. The van der Waals surface area contributed by atoms with Crippen molar-refractivity contribution in [3.8, 4) is 33.0 Å². The Morgan fingerprint density at radius 3 is 2.00 bits per heavy atom. The highest BCUT2D eigenvalue weighted by molar-refractivity contribution is 7.13. The SMILES string of the molecule is O=C(Nc1ccc(-c2csc(-c3ccc(Cl)cc3)n2)cc1)c1ccc(-c2ccccc2)cc1. The van der Waals surface area contributed by atoms with E-state index in [-0.39, 0.29) is 5.91 Å². The molecule has 0 radical (unpaired) electrons. The summed E-state index contributed by atoms with van der Waals surface area (Å²) in [6.07, 6.45) is 0. The van der Waals surface area contributed by atoms with Crippen molar-refractivity contribution in [3.63, 3.8) is 0 Å². The summed E-state index contributed by atoms with van der Waals surface area (Å²) in [5.74, 6) is -0.138. The molecular formula is C28H19ClN2OS. The van der Waals surface area contributed by atoms with E-state index in [4.69, 9.17) is 16.6 Å². The van der Waals surface area contributed by atoms with Gasteiger partial charge in [0.05, 0.1) is 5.69 Å². The van der Waals surface area contributed by atoms with Gasteiger partial charge in [-0.25, -0.2) is 4.98 Å². The first-order valence-electron chi connectivity index (χ1n) is 10.4. The van der Waals surface area contributed by atoms with Crippen LogP contribution in [-0.2, 0) is 0 Å². The van der Waals surface area contributed by atoms with E-state index in [1.165, 1.54) is 0 Å². The van der Waals surface area contributed by atoms with E-state index < -0.39 is 0 Å². The van der Waals surface area contributed by atoms with Gasteiger partial charge in [0, 0.05) is 32.8 Å². The zero-order valence-corrected chi connectivity index (χ0v) is 19.1. The highest BCUT2D eigenvalue weighted by Gasteiger charge is 2.09. The van der Waals surface area contributed by atoms with Crippen LogP contribution in [-0.4, -0.2) is 10.9 Å². The lowest BCUT2D eigenvalue weighted by atomic mass is 10.0. The third-order valence-electron chi connectivity index (χ3n) is 5.29. The second-order valence-electron chi connectivity index (χ2n) is 7.52. The van der Waals surface area contributed by atoms with Gasteiger partial charge in [-0.3, -0.25) is 4.79 Å². The van der Waals surface area contributed by atoms with Crippen molar-refractivity contribution in [2.75, 3.05) is 5.32 Å². The molecule has 0 aliphatic heterocycles. The number of benzene rings is 4. The Morgan fingerprint density at radius 2 is 1.30 bits per heavy atom. The van der Waals surface area contributed by atoms with E-state index in [0.29, 0.717) is 10.6 Å². The van der Waals surface area contributed by atoms with Crippen molar-refractivity contribution >= 4 is 34.5 Å². The summed E-state index contributed by atoms with van der Waals surface area (Å²) in [6.45, 7) is 0. The van der Waals surface area contributed by atoms with Gasteiger partial charge in [-0.05, 0) is 47.5 Å². The zero-order chi connectivity index (χ0) is 22.6. The lowest BCUT2D eigenvalue weighted by molar-refractivity contribution is 0.102. The van der Waals surface area contributed by atoms with Crippen molar-refractivity contribution in [1.82, 2.24) is 4.98 Å². The third-order valence-corrected chi connectivity index (χ3v) is 6.43. The van der Waals surface area contributed by atoms with Crippen LogP contribution in [0, 0.1) is 0 Å². The van der Waals surface area contributed by atoms with Crippen molar-refractivity contribution in [3.05, 3.63) is 119 Å². The number of carbonyl (C=O) groups is 1. The molecule has 160 valence electrons. The van der Waals surface area contributed by atoms with E-state index in [1.807, 2.05) is 96.4 Å². The summed E-state index contributed by atoms with van der Waals surface area (Å²) < 4.78 is 0. The van der Waals surface area contributed by atoms with E-state index >= 15 is 0 Å². The molecule has 1 N–H and O–H groups in total. The van der Waals surface area contributed by atoms with Gasteiger partial charge < -0.3 is 5.32 Å². The molecule has 5 heteroatoms. The molecule has 3 nitrogen and oxygen atoms in total. The van der Waals surface area contributed by atoms with Gasteiger partial charge >= 0.3 is 0 Å². The second-order valence-corrected chi connectivity index (χ2v) is 8.81. The molecule has 0 bridgehead atoms. The first kappa shape index (κ1) is 21.1. The predicted molar refractivity (Wildman–Crippen MR) is 138 cm³/mol. The molecule has 1 heterocycles. The van der Waals surface area contributed by atoms with Crippen molar-refractivity contribution < 1.29 is 4.79 Å². The van der Waals surface area contributed by atoms with Crippen LogP contribution in [0.25, 0.3) is 33.0 Å². The molecule has 1 aromatic heterocycles. The Kier molecular flexibility index (Phi) is 6.03. The average Bonchev–Trinajstić information content (AvgIpc) is 3.36. The maximum atomic E-state index is 12.7. The molecule has 0 atom stereocenters.